The van der Waals surface area contributed by atoms with Gasteiger partial charge >= 0.3 is 6.03 Å². The highest BCUT2D eigenvalue weighted by atomic mass is 35.5. The highest BCUT2D eigenvalue weighted by Gasteiger charge is 2.23. The zero-order valence-electron chi connectivity index (χ0n) is 21.5. The molecule has 0 fully saturated rings. The molecule has 0 spiro atoms. The Balaban J connectivity index is 1.61. The number of benzene rings is 3. The minimum absolute atomic E-state index is 0.101. The van der Waals surface area contributed by atoms with E-state index in [1.54, 1.807) is 4.68 Å². The largest absolute Gasteiger partial charge is 0.322 e. The summed E-state index contributed by atoms with van der Waals surface area (Å²) < 4.78 is 15.2. The first kappa shape index (κ1) is 26.9. The number of hydrogen-bond donors (Lipinski definition) is 2. The summed E-state index contributed by atoms with van der Waals surface area (Å²) in [5, 5.41) is 10.3. The molecule has 4 aromatic rings. The predicted octanol–water partition coefficient (Wildman–Crippen LogP) is 6.83. The Bertz CT molecular complexity index is 1440. The number of halogens is 2. The van der Waals surface area contributed by atoms with E-state index in [0.29, 0.717) is 24.5 Å². The second kappa shape index (κ2) is 11.9. The number of urea groups is 1. The van der Waals surface area contributed by atoms with E-state index in [0.717, 1.165) is 28.1 Å². The van der Waals surface area contributed by atoms with Crippen LogP contribution in [0, 0.1) is 19.7 Å². The first-order chi connectivity index (χ1) is 18.3. The lowest BCUT2D eigenvalue weighted by atomic mass is 10.1. The number of aryl methyl sites for hydroxylation is 2. The van der Waals surface area contributed by atoms with E-state index >= 15 is 0 Å². The molecule has 3 amide bonds. The lowest BCUT2D eigenvalue weighted by Gasteiger charge is -2.22. The third-order valence-electron chi connectivity index (χ3n) is 5.95. The van der Waals surface area contributed by atoms with Crippen LogP contribution in [0.3, 0.4) is 0 Å². The fourth-order valence-electron chi connectivity index (χ4n) is 4.11. The molecule has 9 heteroatoms. The molecule has 196 valence electrons. The average Bonchev–Trinajstić information content (AvgIpc) is 3.22. The quantitative estimate of drug-likeness (QED) is 0.260. The van der Waals surface area contributed by atoms with Crippen molar-refractivity contribution in [2.45, 2.75) is 27.2 Å². The monoisotopic (exact) mass is 533 g/mol. The van der Waals surface area contributed by atoms with Gasteiger partial charge in [0.15, 0.2) is 0 Å². The summed E-state index contributed by atoms with van der Waals surface area (Å²) in [4.78, 5) is 27.7. The number of hydrogen-bond acceptors (Lipinski definition) is 3. The summed E-state index contributed by atoms with van der Waals surface area (Å²) in [6.45, 7) is 5.96. The van der Waals surface area contributed by atoms with Crippen LogP contribution in [-0.4, -0.2) is 39.7 Å². The van der Waals surface area contributed by atoms with Gasteiger partial charge in [-0.3, -0.25) is 4.79 Å². The number of aromatic nitrogens is 2. The second-order valence-electron chi connectivity index (χ2n) is 8.95. The second-order valence-corrected chi connectivity index (χ2v) is 9.36. The molecule has 38 heavy (non-hydrogen) atoms. The molecule has 0 aliphatic rings. The van der Waals surface area contributed by atoms with Crippen LogP contribution in [0.1, 0.15) is 24.6 Å². The third kappa shape index (κ3) is 6.20. The van der Waals surface area contributed by atoms with Gasteiger partial charge in [0, 0.05) is 17.8 Å². The third-order valence-corrected chi connectivity index (χ3v) is 6.23. The van der Waals surface area contributed by atoms with E-state index in [-0.39, 0.29) is 17.5 Å². The maximum Gasteiger partial charge on any atom is 0.322 e. The van der Waals surface area contributed by atoms with Crippen LogP contribution in [0.5, 0.6) is 0 Å². The van der Waals surface area contributed by atoms with Crippen LogP contribution in [0.2, 0.25) is 5.02 Å². The van der Waals surface area contributed by atoms with E-state index < -0.39 is 11.8 Å². The van der Waals surface area contributed by atoms with Crippen LogP contribution >= 0.6 is 11.6 Å². The Hall–Kier alpha value is -4.17. The van der Waals surface area contributed by atoms with Gasteiger partial charge in [0.1, 0.15) is 18.2 Å². The first-order valence-electron chi connectivity index (χ1n) is 12.3. The number of rotatable bonds is 8. The van der Waals surface area contributed by atoms with Gasteiger partial charge in [-0.1, -0.05) is 66.6 Å². The molecule has 0 saturated heterocycles. The topological polar surface area (TPSA) is 79.3 Å². The zero-order chi connectivity index (χ0) is 27.2. The van der Waals surface area contributed by atoms with Gasteiger partial charge in [-0.2, -0.15) is 5.10 Å². The maximum atomic E-state index is 13.5. The van der Waals surface area contributed by atoms with Crippen molar-refractivity contribution in [3.05, 3.63) is 94.9 Å². The van der Waals surface area contributed by atoms with Crippen molar-refractivity contribution in [1.82, 2.24) is 14.7 Å². The molecule has 0 atom stereocenters. The van der Waals surface area contributed by atoms with E-state index in [4.69, 9.17) is 16.7 Å². The van der Waals surface area contributed by atoms with E-state index in [9.17, 15) is 14.0 Å². The Morgan fingerprint density at radius 1 is 1.00 bits per heavy atom. The highest BCUT2D eigenvalue weighted by Crippen LogP contribution is 2.33. The fraction of sp³-hybridized carbons (Fsp3) is 0.207. The Morgan fingerprint density at radius 2 is 1.71 bits per heavy atom. The number of carbonyl (C=O) groups excluding carboxylic acids is 2. The first-order valence-corrected chi connectivity index (χ1v) is 12.7. The van der Waals surface area contributed by atoms with Crippen molar-refractivity contribution in [3.8, 4) is 16.8 Å². The van der Waals surface area contributed by atoms with E-state index in [1.807, 2.05) is 75.4 Å². The summed E-state index contributed by atoms with van der Waals surface area (Å²) in [7, 11) is 0. The molecule has 7 nitrogen and oxygen atoms in total. The smallest absolute Gasteiger partial charge is 0.315 e. The van der Waals surface area contributed by atoms with Crippen molar-refractivity contribution in [3.63, 3.8) is 0 Å². The van der Waals surface area contributed by atoms with Crippen LogP contribution < -0.4 is 10.6 Å². The number of amides is 3. The van der Waals surface area contributed by atoms with Gasteiger partial charge in [0.2, 0.25) is 5.91 Å². The normalized spacial score (nSPS) is 10.8. The van der Waals surface area contributed by atoms with Crippen molar-refractivity contribution < 1.29 is 14.0 Å². The molecule has 4 rings (SSSR count). The Labute approximate surface area is 226 Å². The van der Waals surface area contributed by atoms with Crippen LogP contribution in [-0.2, 0) is 4.79 Å². The summed E-state index contributed by atoms with van der Waals surface area (Å²) in [5.41, 5.74) is 4.70. The summed E-state index contributed by atoms with van der Waals surface area (Å²) in [5.74, 6) is -0.440. The Morgan fingerprint density at radius 3 is 2.37 bits per heavy atom. The molecular weight excluding hydrogens is 505 g/mol. The molecule has 0 aliphatic heterocycles. The van der Waals surface area contributed by atoms with Gasteiger partial charge in [-0.25, -0.2) is 13.9 Å². The van der Waals surface area contributed by atoms with Crippen molar-refractivity contribution in [2.24, 2.45) is 0 Å². The minimum atomic E-state index is -0.579. The molecule has 0 aliphatic carbocycles. The number of nitrogens with zero attached hydrogens (tertiary/aromatic N) is 3. The highest BCUT2D eigenvalue weighted by molar-refractivity contribution is 6.31. The molecule has 1 aromatic heterocycles. The standard InChI is InChI=1S/C29H29ClFN5O2/c1-4-16-35(29(38)32-22-12-15-25(31)24(30)17-22)18-26(37)33-28-27(21-8-6-5-7-9-21)20(3)34-36(28)23-13-10-19(2)11-14-23/h5-15,17H,4,16,18H2,1-3H3,(H,32,38)(H,33,37). The number of carbonyl (C=O) groups is 2. The lowest BCUT2D eigenvalue weighted by molar-refractivity contribution is -0.116. The molecule has 0 bridgehead atoms. The summed E-state index contributed by atoms with van der Waals surface area (Å²) >= 11 is 5.84. The van der Waals surface area contributed by atoms with E-state index in [2.05, 4.69) is 10.6 Å². The van der Waals surface area contributed by atoms with Crippen molar-refractivity contribution >= 4 is 35.0 Å². The predicted molar refractivity (Wildman–Crippen MR) is 149 cm³/mol. The maximum absolute atomic E-state index is 13.5. The number of nitrogens with one attached hydrogen (secondary N) is 2. The molecule has 2 N–H and O–H groups in total. The van der Waals surface area contributed by atoms with Crippen LogP contribution in [0.25, 0.3) is 16.8 Å². The number of anilines is 2. The molecule has 0 radical (unpaired) electrons. The molecule has 0 saturated carbocycles. The van der Waals surface area contributed by atoms with E-state index in [1.165, 1.54) is 23.1 Å². The zero-order valence-corrected chi connectivity index (χ0v) is 22.2. The van der Waals surface area contributed by atoms with Gasteiger partial charge in [0.05, 0.1) is 16.4 Å². The van der Waals surface area contributed by atoms with Crippen LogP contribution in [0.15, 0.2) is 72.8 Å². The molecule has 3 aromatic carbocycles. The molecule has 1 heterocycles. The summed E-state index contributed by atoms with van der Waals surface area (Å²) in [6, 6.07) is 21.0. The molecule has 0 unspecified atom stereocenters. The van der Waals surface area contributed by atoms with Crippen molar-refractivity contribution in [1.29, 1.82) is 0 Å². The average molecular weight is 534 g/mol. The lowest BCUT2D eigenvalue weighted by Crippen LogP contribution is -2.41. The van der Waals surface area contributed by atoms with Gasteiger partial charge < -0.3 is 15.5 Å². The fourth-order valence-corrected chi connectivity index (χ4v) is 4.29. The minimum Gasteiger partial charge on any atom is -0.315 e. The van der Waals surface area contributed by atoms with Gasteiger partial charge in [-0.15, -0.1) is 0 Å². The summed E-state index contributed by atoms with van der Waals surface area (Å²) in [6.07, 6.45) is 0.639. The van der Waals surface area contributed by atoms with Gasteiger partial charge in [-0.05, 0) is 56.2 Å². The Kier molecular flexibility index (Phi) is 8.43. The SMILES string of the molecule is CCCN(CC(=O)Nc1c(-c2ccccc2)c(C)nn1-c1ccc(C)cc1)C(=O)Nc1ccc(F)c(Cl)c1. The van der Waals surface area contributed by atoms with Gasteiger partial charge in [0.25, 0.3) is 0 Å². The van der Waals surface area contributed by atoms with Crippen LogP contribution in [0.4, 0.5) is 20.7 Å². The van der Waals surface area contributed by atoms with Crippen molar-refractivity contribution in [2.75, 3.05) is 23.7 Å². The molecular formula is C29H29ClFN5O2.